The first-order valence-electron chi connectivity index (χ1n) is 5.57. The number of H-pyrrole nitrogens is 2. The molecule has 0 radical (unpaired) electrons. The third kappa shape index (κ3) is 2.42. The summed E-state index contributed by atoms with van der Waals surface area (Å²) in [7, 11) is -2.64. The van der Waals surface area contributed by atoms with E-state index in [0.717, 1.165) is 4.31 Å². The van der Waals surface area contributed by atoms with Crippen LogP contribution in [0.4, 0.5) is 0 Å². The van der Waals surface area contributed by atoms with Crippen molar-refractivity contribution < 1.29 is 18.3 Å². The molecule has 0 saturated carbocycles. The van der Waals surface area contributed by atoms with E-state index in [1.54, 1.807) is 6.20 Å². The maximum Gasteiger partial charge on any atom is 0.357 e. The van der Waals surface area contributed by atoms with Crippen molar-refractivity contribution in [3.8, 4) is 0 Å². The van der Waals surface area contributed by atoms with Gasteiger partial charge in [-0.15, -0.1) is 0 Å². The molecule has 2 heterocycles. The molecule has 0 aromatic carbocycles. The summed E-state index contributed by atoms with van der Waals surface area (Å²) in [6.07, 6.45) is 3.07. The minimum Gasteiger partial charge on any atom is -0.476 e. The van der Waals surface area contributed by atoms with Gasteiger partial charge in [-0.2, -0.15) is 9.40 Å². The van der Waals surface area contributed by atoms with E-state index >= 15 is 0 Å². The zero-order valence-corrected chi connectivity index (χ0v) is 11.6. The average Bonchev–Trinajstić information content (AvgIpc) is 2.98. The highest BCUT2D eigenvalue weighted by Gasteiger charge is 2.31. The van der Waals surface area contributed by atoms with Crippen LogP contribution in [-0.4, -0.2) is 51.0 Å². The normalized spacial score (nSPS) is 11.9. The van der Waals surface area contributed by atoms with Crippen molar-refractivity contribution in [2.24, 2.45) is 0 Å². The number of carboxylic acid groups (broad SMARTS) is 1. The lowest BCUT2D eigenvalue weighted by Gasteiger charge is -2.15. The Morgan fingerprint density at radius 3 is 2.75 bits per heavy atom. The molecular weight excluding hydrogens is 286 g/mol. The second-order valence-electron chi connectivity index (χ2n) is 4.13. The lowest BCUT2D eigenvalue weighted by Crippen LogP contribution is -2.28. The van der Waals surface area contributed by atoms with E-state index in [-0.39, 0.29) is 17.1 Å². The molecule has 0 bridgehead atoms. The second-order valence-corrected chi connectivity index (χ2v) is 6.11. The molecule has 2 rings (SSSR count). The Kier molecular flexibility index (Phi) is 3.59. The Labute approximate surface area is 114 Å². The summed E-state index contributed by atoms with van der Waals surface area (Å²) in [6.45, 7) is 1.45. The van der Waals surface area contributed by atoms with Gasteiger partial charge in [0, 0.05) is 19.4 Å². The van der Waals surface area contributed by atoms with E-state index in [9.17, 15) is 13.2 Å². The van der Waals surface area contributed by atoms with Gasteiger partial charge in [-0.1, -0.05) is 0 Å². The number of hydrogen-bond donors (Lipinski definition) is 3. The highest BCUT2D eigenvalue weighted by molar-refractivity contribution is 7.89. The Hall–Kier alpha value is -2.20. The Morgan fingerprint density at radius 1 is 1.50 bits per heavy atom. The van der Waals surface area contributed by atoms with E-state index in [4.69, 9.17) is 5.11 Å². The van der Waals surface area contributed by atoms with Crippen LogP contribution >= 0.6 is 0 Å². The zero-order valence-electron chi connectivity index (χ0n) is 10.8. The number of aryl methyl sites for hydroxylation is 1. The molecule has 2 aromatic rings. The van der Waals surface area contributed by atoms with Crippen LogP contribution < -0.4 is 0 Å². The minimum absolute atomic E-state index is 0.000980. The van der Waals surface area contributed by atoms with Crippen molar-refractivity contribution in [1.82, 2.24) is 24.5 Å². The van der Waals surface area contributed by atoms with Crippen molar-refractivity contribution in [2.45, 2.75) is 18.4 Å². The molecule has 3 N–H and O–H groups in total. The van der Waals surface area contributed by atoms with Gasteiger partial charge in [-0.25, -0.2) is 18.2 Å². The number of nitrogens with one attached hydrogen (secondary N) is 2. The van der Waals surface area contributed by atoms with Gasteiger partial charge in [0.25, 0.3) is 0 Å². The van der Waals surface area contributed by atoms with Crippen molar-refractivity contribution in [2.75, 3.05) is 7.05 Å². The summed E-state index contributed by atoms with van der Waals surface area (Å²) in [4.78, 5) is 17.4. The van der Waals surface area contributed by atoms with E-state index in [2.05, 4.69) is 20.2 Å². The van der Waals surface area contributed by atoms with Crippen LogP contribution in [0.1, 0.15) is 22.0 Å². The first-order chi connectivity index (χ1) is 9.34. The fourth-order valence-electron chi connectivity index (χ4n) is 1.72. The molecule has 0 aliphatic heterocycles. The summed E-state index contributed by atoms with van der Waals surface area (Å²) in [5.41, 5.74) is -0.345. The standard InChI is InChI=1S/C10H13N5O4S/c1-6-9(8(10(16)17)14-13-6)20(18,19)15(2)5-7-11-3-4-12-7/h3-4H,5H2,1-2H3,(H,11,12)(H,13,14)(H,16,17). The lowest BCUT2D eigenvalue weighted by atomic mass is 10.4. The fraction of sp³-hybridized carbons (Fsp3) is 0.300. The van der Waals surface area contributed by atoms with Crippen molar-refractivity contribution in [1.29, 1.82) is 0 Å². The van der Waals surface area contributed by atoms with Crippen molar-refractivity contribution >= 4 is 16.0 Å². The molecule has 0 spiro atoms. The van der Waals surface area contributed by atoms with E-state index in [1.807, 2.05) is 0 Å². The van der Waals surface area contributed by atoms with E-state index < -0.39 is 21.7 Å². The van der Waals surface area contributed by atoms with Gasteiger partial charge in [-0.3, -0.25) is 5.10 Å². The SMILES string of the molecule is Cc1[nH]nc(C(=O)O)c1S(=O)(=O)N(C)Cc1ncc[nH]1. The first kappa shape index (κ1) is 14.2. The average molecular weight is 299 g/mol. The highest BCUT2D eigenvalue weighted by atomic mass is 32.2. The van der Waals surface area contributed by atoms with Crippen molar-refractivity contribution in [3.63, 3.8) is 0 Å². The van der Waals surface area contributed by atoms with Crippen molar-refractivity contribution in [3.05, 3.63) is 29.6 Å². The highest BCUT2D eigenvalue weighted by Crippen LogP contribution is 2.22. The Bertz CT molecular complexity index is 719. The van der Waals surface area contributed by atoms with E-state index in [0.29, 0.717) is 5.82 Å². The van der Waals surface area contributed by atoms with Crippen LogP contribution in [0.25, 0.3) is 0 Å². The monoisotopic (exact) mass is 299 g/mol. The maximum atomic E-state index is 12.4. The number of aromatic amines is 2. The molecule has 0 aliphatic carbocycles. The van der Waals surface area contributed by atoms with Gasteiger partial charge in [0.05, 0.1) is 12.2 Å². The number of aromatic nitrogens is 4. The molecule has 0 amide bonds. The number of hydrogen-bond acceptors (Lipinski definition) is 5. The van der Waals surface area contributed by atoms with Crippen LogP contribution in [0.3, 0.4) is 0 Å². The molecule has 0 fully saturated rings. The van der Waals surface area contributed by atoms with Gasteiger partial charge in [0.2, 0.25) is 10.0 Å². The topological polar surface area (TPSA) is 132 Å². The van der Waals surface area contributed by atoms with Crippen LogP contribution in [0.2, 0.25) is 0 Å². The summed E-state index contributed by atoms with van der Waals surface area (Å²) in [6, 6.07) is 0. The van der Waals surface area contributed by atoms with Crippen LogP contribution in [0.15, 0.2) is 17.3 Å². The molecule has 9 nitrogen and oxygen atoms in total. The summed E-state index contributed by atoms with van der Waals surface area (Å²) >= 11 is 0. The van der Waals surface area contributed by atoms with Gasteiger partial charge in [-0.05, 0) is 6.92 Å². The largest absolute Gasteiger partial charge is 0.476 e. The molecule has 2 aromatic heterocycles. The van der Waals surface area contributed by atoms with Gasteiger partial charge in [0.1, 0.15) is 10.7 Å². The van der Waals surface area contributed by atoms with Crippen LogP contribution in [0.5, 0.6) is 0 Å². The molecular formula is C10H13N5O4S. The summed E-state index contributed by atoms with van der Waals surface area (Å²) < 4.78 is 25.9. The minimum atomic E-state index is -3.98. The predicted octanol–water partition coefficient (Wildman–Crippen LogP) is -0.0399. The quantitative estimate of drug-likeness (QED) is 0.709. The molecule has 108 valence electrons. The Balaban J connectivity index is 2.40. The number of nitrogens with zero attached hydrogens (tertiary/aromatic N) is 3. The number of rotatable bonds is 5. The number of sulfonamides is 1. The number of aromatic carboxylic acids is 1. The number of carbonyl (C=O) groups is 1. The number of imidazole rings is 1. The third-order valence-electron chi connectivity index (χ3n) is 2.69. The van der Waals surface area contributed by atoms with E-state index in [1.165, 1.54) is 20.2 Å². The Morgan fingerprint density at radius 2 is 2.20 bits per heavy atom. The van der Waals surface area contributed by atoms with Gasteiger partial charge >= 0.3 is 5.97 Å². The predicted molar refractivity (Wildman–Crippen MR) is 67.5 cm³/mol. The van der Waals surface area contributed by atoms with Crippen LogP contribution in [0, 0.1) is 6.92 Å². The number of carboxylic acids is 1. The lowest BCUT2D eigenvalue weighted by molar-refractivity contribution is 0.0686. The van der Waals surface area contributed by atoms with Crippen LogP contribution in [-0.2, 0) is 16.6 Å². The second kappa shape index (κ2) is 5.06. The first-order valence-corrected chi connectivity index (χ1v) is 7.01. The smallest absolute Gasteiger partial charge is 0.357 e. The van der Waals surface area contributed by atoms with Gasteiger partial charge < -0.3 is 10.1 Å². The summed E-state index contributed by atoms with van der Waals surface area (Å²) in [5, 5.41) is 14.9. The molecule has 0 unspecified atom stereocenters. The van der Waals surface area contributed by atoms with Gasteiger partial charge in [0.15, 0.2) is 5.69 Å². The summed E-state index contributed by atoms with van der Waals surface area (Å²) in [5.74, 6) is -0.951. The molecule has 10 heteroatoms. The zero-order chi connectivity index (χ0) is 14.9. The molecule has 20 heavy (non-hydrogen) atoms. The molecule has 0 saturated heterocycles. The third-order valence-corrected chi connectivity index (χ3v) is 4.65. The molecule has 0 aliphatic rings. The fourth-order valence-corrected chi connectivity index (χ4v) is 3.13. The molecule has 0 atom stereocenters. The maximum absolute atomic E-state index is 12.4.